The predicted molar refractivity (Wildman–Crippen MR) is 137 cm³/mol. The Bertz CT molecular complexity index is 495. The van der Waals surface area contributed by atoms with E-state index < -0.39 is 0 Å². The normalized spacial score (nSPS) is 9.61. The van der Waals surface area contributed by atoms with E-state index in [0.29, 0.717) is 45.2 Å². The van der Waals surface area contributed by atoms with Crippen LogP contribution in [0, 0.1) is 0 Å². The average Bonchev–Trinajstić information content (AvgIpc) is 2.90. The first-order valence-electron chi connectivity index (χ1n) is 12.1. The van der Waals surface area contributed by atoms with Crippen LogP contribution in [0.1, 0.15) is 44.9 Å². The van der Waals surface area contributed by atoms with Crippen LogP contribution in [-0.4, -0.2) is 105 Å². The molecule has 13 nitrogen and oxygen atoms in total. The summed E-state index contributed by atoms with van der Waals surface area (Å²) in [5, 5.41) is 9.71. The molecule has 214 valence electrons. The smallest absolute Gasteiger partial charge is 0.305 e. The van der Waals surface area contributed by atoms with Crippen molar-refractivity contribution >= 4 is 23.9 Å². The molecule has 0 aliphatic heterocycles. The number of carbonyl (C=O) groups excluding carboxylic acids is 4. The molecule has 0 amide bonds. The average molecular weight is 524 g/mol. The van der Waals surface area contributed by atoms with E-state index in [4.69, 9.17) is 11.5 Å². The van der Waals surface area contributed by atoms with Gasteiger partial charge in [-0.1, -0.05) is 0 Å². The Balaban J connectivity index is -0.000000455. The lowest BCUT2D eigenvalue weighted by Gasteiger charge is -2.06. The molecule has 0 saturated heterocycles. The van der Waals surface area contributed by atoms with Gasteiger partial charge in [-0.2, -0.15) is 0 Å². The van der Waals surface area contributed by atoms with Crippen molar-refractivity contribution in [2.24, 2.45) is 11.5 Å². The van der Waals surface area contributed by atoms with Gasteiger partial charge in [-0.25, -0.2) is 0 Å². The Labute approximate surface area is 215 Å². The Morgan fingerprint density at radius 1 is 0.472 bits per heavy atom. The van der Waals surface area contributed by atoms with Crippen LogP contribution in [0.15, 0.2) is 0 Å². The van der Waals surface area contributed by atoms with E-state index in [2.05, 4.69) is 34.9 Å². The highest BCUT2D eigenvalue weighted by atomic mass is 16.5. The Kier molecular flexibility index (Phi) is 34.7. The highest BCUT2D eigenvalue weighted by Gasteiger charge is 2.04. The quantitative estimate of drug-likeness (QED) is 0.0792. The third-order valence-corrected chi connectivity index (χ3v) is 4.28. The lowest BCUT2D eigenvalue weighted by atomic mass is 10.2. The fraction of sp³-hybridized carbons (Fsp3) is 0.826. The standard InChI is InChI=1S/C8H23N5.C8H14O4.C7H12O4/c9-1-3-11-5-7-13-8-6-12-4-2-10;1-11-7(9)5-3-4-6-8(10)12-2;1-10-6(8)4-3-5-7(9)11-2/h11-13H,1-10H2;3-6H2,1-2H3;3-5H2,1-2H3. The summed E-state index contributed by atoms with van der Waals surface area (Å²) in [6, 6.07) is 0. The summed E-state index contributed by atoms with van der Waals surface area (Å²) in [6.45, 7) is 7.15. The fourth-order valence-electron chi connectivity index (χ4n) is 2.26. The van der Waals surface area contributed by atoms with Gasteiger partial charge in [0.25, 0.3) is 0 Å². The summed E-state index contributed by atoms with van der Waals surface area (Å²) in [4.78, 5) is 42.2. The minimum atomic E-state index is -0.297. The number of methoxy groups -OCH3 is 4. The van der Waals surface area contributed by atoms with E-state index in [-0.39, 0.29) is 36.7 Å². The minimum absolute atomic E-state index is 0.236. The predicted octanol–water partition coefficient (Wildman–Crippen LogP) is -0.932. The molecule has 0 saturated carbocycles. The summed E-state index contributed by atoms with van der Waals surface area (Å²) in [6.07, 6.45) is 3.10. The molecule has 0 aliphatic rings. The molecule has 0 heterocycles. The van der Waals surface area contributed by atoms with Gasteiger partial charge in [0.05, 0.1) is 28.4 Å². The molecule has 0 radical (unpaired) electrons. The van der Waals surface area contributed by atoms with Gasteiger partial charge in [-0.3, -0.25) is 19.2 Å². The van der Waals surface area contributed by atoms with Crippen LogP contribution in [0.5, 0.6) is 0 Å². The number of rotatable bonds is 19. The first kappa shape index (κ1) is 38.2. The zero-order valence-electron chi connectivity index (χ0n) is 22.5. The first-order chi connectivity index (χ1) is 17.3. The second-order valence-corrected chi connectivity index (χ2v) is 7.19. The Hall–Kier alpha value is -2.32. The minimum Gasteiger partial charge on any atom is -0.469 e. The molecule has 0 aliphatic carbocycles. The maximum Gasteiger partial charge on any atom is 0.305 e. The summed E-state index contributed by atoms with van der Waals surface area (Å²) >= 11 is 0. The van der Waals surface area contributed by atoms with E-state index in [9.17, 15) is 19.2 Å². The van der Waals surface area contributed by atoms with Gasteiger partial charge in [-0.05, 0) is 19.3 Å². The summed E-state index contributed by atoms with van der Waals surface area (Å²) < 4.78 is 17.6. The topological polar surface area (TPSA) is 193 Å². The Morgan fingerprint density at radius 3 is 0.972 bits per heavy atom. The van der Waals surface area contributed by atoms with Crippen LogP contribution >= 0.6 is 0 Å². The maximum atomic E-state index is 10.6. The van der Waals surface area contributed by atoms with Crippen molar-refractivity contribution < 1.29 is 38.1 Å². The second-order valence-electron chi connectivity index (χ2n) is 7.19. The molecule has 0 atom stereocenters. The number of hydrogen-bond donors (Lipinski definition) is 5. The van der Waals surface area contributed by atoms with Gasteiger partial charge >= 0.3 is 23.9 Å². The fourth-order valence-corrected chi connectivity index (χ4v) is 2.26. The highest BCUT2D eigenvalue weighted by Crippen LogP contribution is 2.01. The molecular weight excluding hydrogens is 474 g/mol. The molecule has 0 aromatic carbocycles. The first-order valence-corrected chi connectivity index (χ1v) is 12.1. The monoisotopic (exact) mass is 523 g/mol. The number of carbonyl (C=O) groups is 4. The number of nitrogens with one attached hydrogen (secondary N) is 3. The molecule has 0 aromatic heterocycles. The third-order valence-electron chi connectivity index (χ3n) is 4.28. The largest absolute Gasteiger partial charge is 0.469 e. The zero-order valence-corrected chi connectivity index (χ0v) is 22.5. The summed E-state index contributed by atoms with van der Waals surface area (Å²) in [5.41, 5.74) is 10.6. The SMILES string of the molecule is COC(=O)CCCC(=O)OC.COC(=O)CCCCC(=O)OC.NCCNCCNCCNCCN. The molecule has 0 rings (SSSR count). The molecule has 36 heavy (non-hydrogen) atoms. The molecule has 0 spiro atoms. The lowest BCUT2D eigenvalue weighted by molar-refractivity contribution is -0.143. The molecule has 13 heteroatoms. The number of nitrogens with two attached hydrogens (primary N) is 2. The van der Waals surface area contributed by atoms with Crippen LogP contribution in [0.25, 0.3) is 0 Å². The van der Waals surface area contributed by atoms with Crippen LogP contribution in [0.2, 0.25) is 0 Å². The van der Waals surface area contributed by atoms with Crippen LogP contribution in [-0.2, 0) is 38.1 Å². The zero-order chi connectivity index (χ0) is 27.9. The van der Waals surface area contributed by atoms with Gasteiger partial charge in [0.2, 0.25) is 0 Å². The number of esters is 4. The highest BCUT2D eigenvalue weighted by molar-refractivity contribution is 5.72. The summed E-state index contributed by atoms with van der Waals surface area (Å²) in [7, 11) is 5.34. The van der Waals surface area contributed by atoms with Crippen molar-refractivity contribution in [1.29, 1.82) is 0 Å². The number of hydrogen-bond acceptors (Lipinski definition) is 13. The van der Waals surface area contributed by atoms with Crippen molar-refractivity contribution in [2.75, 3.05) is 80.8 Å². The lowest BCUT2D eigenvalue weighted by Crippen LogP contribution is -2.35. The van der Waals surface area contributed by atoms with Crippen molar-refractivity contribution in [2.45, 2.75) is 44.9 Å². The number of ether oxygens (including phenoxy) is 4. The van der Waals surface area contributed by atoms with Gasteiger partial charge in [0.1, 0.15) is 0 Å². The van der Waals surface area contributed by atoms with Crippen molar-refractivity contribution in [3.05, 3.63) is 0 Å². The molecular formula is C23H49N5O8. The van der Waals surface area contributed by atoms with Gasteiger partial charge in [0, 0.05) is 78.0 Å². The Morgan fingerprint density at radius 2 is 0.722 bits per heavy atom. The molecule has 0 fully saturated rings. The van der Waals surface area contributed by atoms with E-state index in [0.717, 1.165) is 39.3 Å². The van der Waals surface area contributed by atoms with Crippen LogP contribution < -0.4 is 27.4 Å². The number of unbranched alkanes of at least 4 members (excludes halogenated alkanes) is 1. The second kappa shape index (κ2) is 32.7. The van der Waals surface area contributed by atoms with Gasteiger partial charge in [-0.15, -0.1) is 0 Å². The van der Waals surface area contributed by atoms with Crippen LogP contribution in [0.4, 0.5) is 0 Å². The molecule has 7 N–H and O–H groups in total. The van der Waals surface area contributed by atoms with E-state index in [1.165, 1.54) is 28.4 Å². The molecule has 0 unspecified atom stereocenters. The van der Waals surface area contributed by atoms with E-state index >= 15 is 0 Å². The molecule has 0 bridgehead atoms. The van der Waals surface area contributed by atoms with E-state index in [1.807, 2.05) is 0 Å². The van der Waals surface area contributed by atoms with Crippen molar-refractivity contribution in [3.63, 3.8) is 0 Å². The summed E-state index contributed by atoms with van der Waals surface area (Å²) in [5.74, 6) is -1.07. The maximum absolute atomic E-state index is 10.6. The molecule has 0 aromatic rings. The van der Waals surface area contributed by atoms with Crippen molar-refractivity contribution in [3.8, 4) is 0 Å². The van der Waals surface area contributed by atoms with Gasteiger partial charge in [0.15, 0.2) is 0 Å². The van der Waals surface area contributed by atoms with E-state index in [1.54, 1.807) is 0 Å². The third kappa shape index (κ3) is 36.3. The van der Waals surface area contributed by atoms with Crippen LogP contribution in [0.3, 0.4) is 0 Å². The van der Waals surface area contributed by atoms with Crippen molar-refractivity contribution in [1.82, 2.24) is 16.0 Å². The van der Waals surface area contributed by atoms with Gasteiger partial charge < -0.3 is 46.4 Å².